The topological polar surface area (TPSA) is 37.3 Å². The SMILES string of the molecule is O=C(CCCc1ccccc1)c1ccccc1O. The van der Waals surface area contributed by atoms with E-state index < -0.39 is 0 Å². The molecule has 0 unspecified atom stereocenters. The summed E-state index contributed by atoms with van der Waals surface area (Å²) in [5.41, 5.74) is 1.66. The summed E-state index contributed by atoms with van der Waals surface area (Å²) >= 11 is 0. The Balaban J connectivity index is 1.88. The van der Waals surface area contributed by atoms with E-state index in [4.69, 9.17) is 0 Å². The second-order valence-corrected chi connectivity index (χ2v) is 4.28. The van der Waals surface area contributed by atoms with Crippen LogP contribution in [0.4, 0.5) is 0 Å². The molecule has 0 atom stereocenters. The lowest BCUT2D eigenvalue weighted by Gasteiger charge is -2.03. The minimum atomic E-state index is 0.00373. The molecule has 0 aliphatic heterocycles. The maximum Gasteiger partial charge on any atom is 0.166 e. The first-order chi connectivity index (χ1) is 8.77. The van der Waals surface area contributed by atoms with Gasteiger partial charge in [0.15, 0.2) is 5.78 Å². The number of Topliss-reactive ketones (excluding diaryl/α,β-unsaturated/α-hetero) is 1. The monoisotopic (exact) mass is 240 g/mol. The van der Waals surface area contributed by atoms with Gasteiger partial charge in [-0.15, -0.1) is 0 Å². The summed E-state index contributed by atoms with van der Waals surface area (Å²) in [6.45, 7) is 0. The van der Waals surface area contributed by atoms with Gasteiger partial charge in [0.05, 0.1) is 5.56 Å². The number of rotatable bonds is 5. The quantitative estimate of drug-likeness (QED) is 0.811. The van der Waals surface area contributed by atoms with Crippen molar-refractivity contribution in [3.8, 4) is 5.75 Å². The van der Waals surface area contributed by atoms with Crippen LogP contribution in [0, 0.1) is 0 Å². The predicted molar refractivity (Wildman–Crippen MR) is 71.8 cm³/mol. The van der Waals surface area contributed by atoms with E-state index in [0.29, 0.717) is 12.0 Å². The third-order valence-electron chi connectivity index (χ3n) is 2.92. The fourth-order valence-corrected chi connectivity index (χ4v) is 1.94. The highest BCUT2D eigenvalue weighted by molar-refractivity contribution is 5.98. The number of carbonyl (C=O) groups is 1. The van der Waals surface area contributed by atoms with Crippen molar-refractivity contribution in [3.05, 3.63) is 65.7 Å². The number of hydrogen-bond acceptors (Lipinski definition) is 2. The first-order valence-corrected chi connectivity index (χ1v) is 6.12. The summed E-state index contributed by atoms with van der Waals surface area (Å²) in [7, 11) is 0. The summed E-state index contributed by atoms with van der Waals surface area (Å²) in [4.78, 5) is 11.9. The van der Waals surface area contributed by atoms with E-state index >= 15 is 0 Å². The molecule has 0 saturated heterocycles. The van der Waals surface area contributed by atoms with Crippen LogP contribution in [0.1, 0.15) is 28.8 Å². The van der Waals surface area contributed by atoms with Crippen LogP contribution in [0.5, 0.6) is 5.75 Å². The van der Waals surface area contributed by atoms with E-state index in [2.05, 4.69) is 12.1 Å². The molecular weight excluding hydrogens is 224 g/mol. The molecule has 0 aliphatic rings. The van der Waals surface area contributed by atoms with Crippen molar-refractivity contribution in [2.24, 2.45) is 0 Å². The van der Waals surface area contributed by atoms with Gasteiger partial charge in [-0.25, -0.2) is 0 Å². The minimum Gasteiger partial charge on any atom is -0.507 e. The highest BCUT2D eigenvalue weighted by atomic mass is 16.3. The van der Waals surface area contributed by atoms with E-state index in [9.17, 15) is 9.90 Å². The summed E-state index contributed by atoms with van der Waals surface area (Å²) < 4.78 is 0. The normalized spacial score (nSPS) is 10.2. The van der Waals surface area contributed by atoms with Crippen molar-refractivity contribution in [1.29, 1.82) is 0 Å². The molecular formula is C16H16O2. The van der Waals surface area contributed by atoms with E-state index in [1.807, 2.05) is 18.2 Å². The molecule has 0 bridgehead atoms. The lowest BCUT2D eigenvalue weighted by Crippen LogP contribution is -2.00. The van der Waals surface area contributed by atoms with Gasteiger partial charge < -0.3 is 5.11 Å². The molecule has 0 aromatic heterocycles. The number of hydrogen-bond donors (Lipinski definition) is 1. The molecule has 2 heteroatoms. The molecule has 92 valence electrons. The molecule has 0 heterocycles. The zero-order valence-corrected chi connectivity index (χ0v) is 10.2. The van der Waals surface area contributed by atoms with Crippen molar-refractivity contribution >= 4 is 5.78 Å². The molecule has 2 aromatic rings. The minimum absolute atomic E-state index is 0.00373. The number of phenolic OH excluding ortho intramolecular Hbond substituents is 1. The Kier molecular flexibility index (Phi) is 4.13. The Morgan fingerprint density at radius 1 is 0.944 bits per heavy atom. The summed E-state index contributed by atoms with van der Waals surface area (Å²) in [6.07, 6.45) is 2.16. The third-order valence-corrected chi connectivity index (χ3v) is 2.92. The smallest absolute Gasteiger partial charge is 0.166 e. The zero-order valence-electron chi connectivity index (χ0n) is 10.2. The Morgan fingerprint density at radius 2 is 1.61 bits per heavy atom. The highest BCUT2D eigenvalue weighted by Gasteiger charge is 2.09. The largest absolute Gasteiger partial charge is 0.507 e. The van der Waals surface area contributed by atoms with Crippen molar-refractivity contribution in [3.63, 3.8) is 0 Å². The van der Waals surface area contributed by atoms with Gasteiger partial charge in [0, 0.05) is 6.42 Å². The van der Waals surface area contributed by atoms with E-state index in [-0.39, 0.29) is 11.5 Å². The molecule has 0 fully saturated rings. The average molecular weight is 240 g/mol. The van der Waals surface area contributed by atoms with Gasteiger partial charge in [0.25, 0.3) is 0 Å². The van der Waals surface area contributed by atoms with Crippen LogP contribution in [0.2, 0.25) is 0 Å². The molecule has 0 aliphatic carbocycles. The molecule has 1 N–H and O–H groups in total. The van der Waals surface area contributed by atoms with Gasteiger partial charge in [-0.1, -0.05) is 42.5 Å². The van der Waals surface area contributed by atoms with Gasteiger partial charge in [-0.3, -0.25) is 4.79 Å². The number of aromatic hydroxyl groups is 1. The number of carbonyl (C=O) groups excluding carboxylic acids is 1. The van der Waals surface area contributed by atoms with Crippen LogP contribution in [0.3, 0.4) is 0 Å². The first-order valence-electron chi connectivity index (χ1n) is 6.12. The second kappa shape index (κ2) is 6.01. The fourth-order valence-electron chi connectivity index (χ4n) is 1.94. The number of para-hydroxylation sites is 1. The Morgan fingerprint density at radius 3 is 2.33 bits per heavy atom. The molecule has 2 aromatic carbocycles. The third kappa shape index (κ3) is 3.20. The van der Waals surface area contributed by atoms with E-state index in [1.165, 1.54) is 5.56 Å². The van der Waals surface area contributed by atoms with Crippen LogP contribution in [-0.2, 0) is 6.42 Å². The number of phenols is 1. The van der Waals surface area contributed by atoms with Gasteiger partial charge in [0.2, 0.25) is 0 Å². The number of ketones is 1. The van der Waals surface area contributed by atoms with Gasteiger partial charge in [-0.2, -0.15) is 0 Å². The summed E-state index contributed by atoms with van der Waals surface area (Å²) in [6, 6.07) is 16.8. The molecule has 2 nitrogen and oxygen atoms in total. The maximum absolute atomic E-state index is 11.9. The van der Waals surface area contributed by atoms with Gasteiger partial charge in [-0.05, 0) is 30.5 Å². The van der Waals surface area contributed by atoms with Crippen LogP contribution >= 0.6 is 0 Å². The molecule has 0 radical (unpaired) electrons. The standard InChI is InChI=1S/C16H16O2/c17-15-11-5-4-10-14(15)16(18)12-6-9-13-7-2-1-3-8-13/h1-5,7-8,10-11,17H,6,9,12H2. The van der Waals surface area contributed by atoms with Crippen LogP contribution < -0.4 is 0 Å². The van der Waals surface area contributed by atoms with Crippen molar-refractivity contribution in [2.45, 2.75) is 19.3 Å². The number of aryl methyl sites for hydroxylation is 1. The number of benzene rings is 2. The average Bonchev–Trinajstić information content (AvgIpc) is 2.40. The van der Waals surface area contributed by atoms with E-state index in [1.54, 1.807) is 24.3 Å². The predicted octanol–water partition coefficient (Wildman–Crippen LogP) is 3.60. The summed E-state index contributed by atoms with van der Waals surface area (Å²) in [5.74, 6) is 0.0752. The van der Waals surface area contributed by atoms with Crippen LogP contribution in [0.15, 0.2) is 54.6 Å². The van der Waals surface area contributed by atoms with Crippen LogP contribution in [-0.4, -0.2) is 10.9 Å². The first kappa shape index (κ1) is 12.4. The Bertz CT molecular complexity index is 518. The molecule has 0 saturated carbocycles. The maximum atomic E-state index is 11.9. The Hall–Kier alpha value is -2.09. The van der Waals surface area contributed by atoms with Crippen molar-refractivity contribution in [1.82, 2.24) is 0 Å². The second-order valence-electron chi connectivity index (χ2n) is 4.28. The van der Waals surface area contributed by atoms with Gasteiger partial charge >= 0.3 is 0 Å². The Labute approximate surface area is 107 Å². The van der Waals surface area contributed by atoms with Crippen molar-refractivity contribution in [2.75, 3.05) is 0 Å². The molecule has 0 amide bonds. The van der Waals surface area contributed by atoms with Gasteiger partial charge in [0.1, 0.15) is 5.75 Å². The molecule has 2 rings (SSSR count). The molecule has 0 spiro atoms. The zero-order chi connectivity index (χ0) is 12.8. The fraction of sp³-hybridized carbons (Fsp3) is 0.188. The lowest BCUT2D eigenvalue weighted by molar-refractivity contribution is 0.0977. The summed E-state index contributed by atoms with van der Waals surface area (Å²) in [5, 5.41) is 9.58. The van der Waals surface area contributed by atoms with Crippen LogP contribution in [0.25, 0.3) is 0 Å². The molecule has 18 heavy (non-hydrogen) atoms. The van der Waals surface area contributed by atoms with E-state index in [0.717, 1.165) is 12.8 Å². The van der Waals surface area contributed by atoms with Crippen molar-refractivity contribution < 1.29 is 9.90 Å². The lowest BCUT2D eigenvalue weighted by atomic mass is 10.0. The highest BCUT2D eigenvalue weighted by Crippen LogP contribution is 2.18.